The van der Waals surface area contributed by atoms with Crippen molar-refractivity contribution in [3.8, 4) is 0 Å². The molecule has 1 aliphatic heterocycles. The van der Waals surface area contributed by atoms with Crippen molar-refractivity contribution in [1.29, 1.82) is 0 Å². The summed E-state index contributed by atoms with van der Waals surface area (Å²) in [5.74, 6) is -0.239. The zero-order valence-electron chi connectivity index (χ0n) is 14.7. The molecule has 0 spiro atoms. The van der Waals surface area contributed by atoms with Gasteiger partial charge in [-0.1, -0.05) is 25.1 Å². The smallest absolute Gasteiger partial charge is 0.263 e. The number of carbonyl (C=O) groups is 2. The Morgan fingerprint density at radius 2 is 2.00 bits per heavy atom. The third-order valence-corrected chi connectivity index (χ3v) is 6.92. The molecule has 0 radical (unpaired) electrons. The molecule has 0 N–H and O–H groups in total. The third kappa shape index (κ3) is 3.94. The molecule has 0 bridgehead atoms. The summed E-state index contributed by atoms with van der Waals surface area (Å²) in [4.78, 5) is 29.3. The van der Waals surface area contributed by atoms with Crippen LogP contribution in [-0.4, -0.2) is 47.0 Å². The lowest BCUT2D eigenvalue weighted by Gasteiger charge is -2.26. The molecule has 2 atom stereocenters. The minimum absolute atomic E-state index is 0.0373. The molecule has 2 aromatic rings. The van der Waals surface area contributed by atoms with Crippen LogP contribution in [0.4, 0.5) is 4.39 Å². The van der Waals surface area contributed by atoms with E-state index in [0.717, 1.165) is 12.0 Å². The number of nitrogens with zero attached hydrogens (tertiary/aromatic N) is 2. The van der Waals surface area contributed by atoms with E-state index in [9.17, 15) is 14.0 Å². The molecule has 7 heteroatoms. The first-order valence-electron chi connectivity index (χ1n) is 8.51. The summed E-state index contributed by atoms with van der Waals surface area (Å²) in [6, 6.07) is 9.95. The quantitative estimate of drug-likeness (QED) is 0.746. The average Bonchev–Trinajstić information content (AvgIpc) is 3.28. The SMILES string of the molecule is CC[C@@H]1S[C@H](c2ccc(F)cc2)N(CCN(C)C(=O)c2cccs2)C1=O. The first-order valence-corrected chi connectivity index (χ1v) is 10.3. The van der Waals surface area contributed by atoms with Crippen molar-refractivity contribution >= 4 is 34.9 Å². The van der Waals surface area contributed by atoms with E-state index >= 15 is 0 Å². The van der Waals surface area contributed by atoms with Crippen molar-refractivity contribution in [3.05, 3.63) is 58.0 Å². The molecule has 1 aliphatic rings. The number of hydrogen-bond acceptors (Lipinski definition) is 4. The molecular weight excluding hydrogens is 371 g/mol. The standard InChI is InChI=1S/C19H21FN2O2S2/c1-3-15-18(24)22(19(26-15)13-6-8-14(20)9-7-13)11-10-21(2)17(23)16-5-4-12-25-16/h4-9,12,15,19H,3,10-11H2,1-2H3/t15-,19+/m0/s1. The van der Waals surface area contributed by atoms with E-state index in [1.165, 1.54) is 23.5 Å². The highest BCUT2D eigenvalue weighted by molar-refractivity contribution is 8.01. The second kappa shape index (κ2) is 8.22. The number of benzene rings is 1. The molecule has 0 aliphatic carbocycles. The number of thiophene rings is 1. The van der Waals surface area contributed by atoms with Crippen LogP contribution < -0.4 is 0 Å². The van der Waals surface area contributed by atoms with Gasteiger partial charge in [-0.15, -0.1) is 23.1 Å². The van der Waals surface area contributed by atoms with Crippen molar-refractivity contribution in [2.75, 3.05) is 20.1 Å². The molecule has 26 heavy (non-hydrogen) atoms. The van der Waals surface area contributed by atoms with Crippen molar-refractivity contribution in [2.24, 2.45) is 0 Å². The Bertz CT molecular complexity index is 764. The van der Waals surface area contributed by atoms with E-state index in [1.807, 2.05) is 23.3 Å². The van der Waals surface area contributed by atoms with Crippen LogP contribution in [0.15, 0.2) is 41.8 Å². The van der Waals surface area contributed by atoms with Crippen LogP contribution in [0.1, 0.15) is 34.0 Å². The van der Waals surface area contributed by atoms with E-state index in [-0.39, 0.29) is 28.3 Å². The van der Waals surface area contributed by atoms with Gasteiger partial charge in [0.25, 0.3) is 5.91 Å². The monoisotopic (exact) mass is 392 g/mol. The molecule has 1 aromatic carbocycles. The fourth-order valence-corrected chi connectivity index (χ4v) is 5.06. The summed E-state index contributed by atoms with van der Waals surface area (Å²) < 4.78 is 13.2. The van der Waals surface area contributed by atoms with Crippen LogP contribution in [0, 0.1) is 5.82 Å². The fourth-order valence-electron chi connectivity index (χ4n) is 2.92. The normalized spacial score (nSPS) is 19.8. The lowest BCUT2D eigenvalue weighted by atomic mass is 10.2. The Morgan fingerprint density at radius 1 is 1.27 bits per heavy atom. The molecule has 3 rings (SSSR count). The molecule has 1 fully saturated rings. The first kappa shape index (κ1) is 18.9. The second-order valence-corrected chi connectivity index (χ2v) is 8.41. The maximum atomic E-state index is 13.2. The summed E-state index contributed by atoms with van der Waals surface area (Å²) in [6.07, 6.45) is 0.752. The van der Waals surface area contributed by atoms with Crippen molar-refractivity contribution in [3.63, 3.8) is 0 Å². The molecule has 4 nitrogen and oxygen atoms in total. The molecular formula is C19H21FN2O2S2. The number of halogens is 1. The van der Waals surface area contributed by atoms with Crippen LogP contribution in [-0.2, 0) is 4.79 Å². The summed E-state index contributed by atoms with van der Waals surface area (Å²) in [6.45, 7) is 2.91. The number of likely N-dealkylation sites (N-methyl/N-ethyl adjacent to an activating group) is 1. The van der Waals surface area contributed by atoms with E-state index in [4.69, 9.17) is 0 Å². The number of thioether (sulfide) groups is 1. The zero-order chi connectivity index (χ0) is 18.7. The molecule has 138 valence electrons. The number of hydrogen-bond donors (Lipinski definition) is 0. The number of amides is 2. The fraction of sp³-hybridized carbons (Fsp3) is 0.368. The minimum Gasteiger partial charge on any atom is -0.339 e. The van der Waals surface area contributed by atoms with Crippen molar-refractivity contribution < 1.29 is 14.0 Å². The van der Waals surface area contributed by atoms with Gasteiger partial charge in [0.15, 0.2) is 0 Å². The van der Waals surface area contributed by atoms with Crippen LogP contribution in [0.3, 0.4) is 0 Å². The van der Waals surface area contributed by atoms with Gasteiger partial charge in [0.05, 0.1) is 10.1 Å². The molecule has 1 aromatic heterocycles. The molecule has 1 saturated heterocycles. The maximum absolute atomic E-state index is 13.2. The van der Waals surface area contributed by atoms with Gasteiger partial charge in [-0.2, -0.15) is 0 Å². The molecule has 2 heterocycles. The molecule has 2 amide bonds. The topological polar surface area (TPSA) is 40.6 Å². The lowest BCUT2D eigenvalue weighted by molar-refractivity contribution is -0.130. The Balaban J connectivity index is 1.71. The van der Waals surface area contributed by atoms with Gasteiger partial charge in [-0.3, -0.25) is 9.59 Å². The van der Waals surface area contributed by atoms with Crippen LogP contribution >= 0.6 is 23.1 Å². The van der Waals surface area contributed by atoms with Crippen LogP contribution in [0.5, 0.6) is 0 Å². The molecule has 0 unspecified atom stereocenters. The van der Waals surface area contributed by atoms with Gasteiger partial charge in [0.1, 0.15) is 11.2 Å². The van der Waals surface area contributed by atoms with Gasteiger partial charge < -0.3 is 9.80 Å². The van der Waals surface area contributed by atoms with E-state index in [2.05, 4.69) is 0 Å². The van der Waals surface area contributed by atoms with E-state index in [0.29, 0.717) is 18.0 Å². The Hall–Kier alpha value is -1.86. The predicted octanol–water partition coefficient (Wildman–Crippen LogP) is 4.01. The largest absolute Gasteiger partial charge is 0.339 e. The summed E-state index contributed by atoms with van der Waals surface area (Å²) >= 11 is 3.01. The lowest BCUT2D eigenvalue weighted by Crippen LogP contribution is -2.39. The highest BCUT2D eigenvalue weighted by Gasteiger charge is 2.39. The zero-order valence-corrected chi connectivity index (χ0v) is 16.4. The highest BCUT2D eigenvalue weighted by Crippen LogP contribution is 2.43. The Morgan fingerprint density at radius 3 is 2.62 bits per heavy atom. The minimum atomic E-state index is -0.289. The average molecular weight is 393 g/mol. The Kier molecular flexibility index (Phi) is 5.98. The van der Waals surface area contributed by atoms with Gasteiger partial charge in [0.2, 0.25) is 5.91 Å². The summed E-state index contributed by atoms with van der Waals surface area (Å²) in [5, 5.41) is 1.64. The van der Waals surface area contributed by atoms with Crippen LogP contribution in [0.2, 0.25) is 0 Å². The summed E-state index contributed by atoms with van der Waals surface area (Å²) in [5.41, 5.74) is 0.910. The number of carbonyl (C=O) groups excluding carboxylic acids is 2. The predicted molar refractivity (Wildman–Crippen MR) is 104 cm³/mol. The molecule has 0 saturated carbocycles. The van der Waals surface area contributed by atoms with Gasteiger partial charge in [-0.25, -0.2) is 4.39 Å². The Labute approximate surface area is 161 Å². The maximum Gasteiger partial charge on any atom is 0.263 e. The van der Waals surface area contributed by atoms with Crippen molar-refractivity contribution in [2.45, 2.75) is 24.0 Å². The van der Waals surface area contributed by atoms with Gasteiger partial charge >= 0.3 is 0 Å². The van der Waals surface area contributed by atoms with Crippen LogP contribution in [0.25, 0.3) is 0 Å². The summed E-state index contributed by atoms with van der Waals surface area (Å²) in [7, 11) is 1.75. The van der Waals surface area contributed by atoms with E-state index in [1.54, 1.807) is 41.9 Å². The van der Waals surface area contributed by atoms with Crippen molar-refractivity contribution in [1.82, 2.24) is 9.80 Å². The second-order valence-electron chi connectivity index (χ2n) is 6.17. The van der Waals surface area contributed by atoms with Gasteiger partial charge in [0, 0.05) is 20.1 Å². The number of rotatable bonds is 6. The highest BCUT2D eigenvalue weighted by atomic mass is 32.2. The first-order chi connectivity index (χ1) is 12.5. The third-order valence-electron chi connectivity index (χ3n) is 4.42. The van der Waals surface area contributed by atoms with Gasteiger partial charge in [-0.05, 0) is 35.6 Å². The van der Waals surface area contributed by atoms with E-state index < -0.39 is 0 Å².